The van der Waals surface area contributed by atoms with Gasteiger partial charge in [0.15, 0.2) is 0 Å². The fourth-order valence-electron chi connectivity index (χ4n) is 2.04. The molecule has 0 unspecified atom stereocenters. The highest BCUT2D eigenvalue weighted by Gasteiger charge is 2.25. The second-order valence-electron chi connectivity index (χ2n) is 4.63. The van der Waals surface area contributed by atoms with E-state index in [4.69, 9.17) is 5.73 Å². The summed E-state index contributed by atoms with van der Waals surface area (Å²) in [6.07, 6.45) is 3.22. The Labute approximate surface area is 129 Å². The lowest BCUT2D eigenvalue weighted by Crippen LogP contribution is -2.38. The summed E-state index contributed by atoms with van der Waals surface area (Å²) in [5.74, 6) is 6.23. The number of fused-ring (bicyclic) bond motifs is 1. The van der Waals surface area contributed by atoms with Gasteiger partial charge in [-0.3, -0.25) is 9.48 Å². The minimum absolute atomic E-state index is 0. The zero-order valence-corrected chi connectivity index (χ0v) is 12.4. The molecular weight excluding hydrogens is 286 g/mol. The highest BCUT2D eigenvalue weighted by Crippen LogP contribution is 2.17. The Bertz CT molecular complexity index is 726. The van der Waals surface area contributed by atoms with Gasteiger partial charge in [-0.05, 0) is 19.1 Å². The second kappa shape index (κ2) is 5.89. The average molecular weight is 301 g/mol. The first kappa shape index (κ1) is 14.9. The lowest BCUT2D eigenvalue weighted by molar-refractivity contribution is 0.0912. The normalized spacial score (nSPS) is 16.0. The van der Waals surface area contributed by atoms with E-state index in [0.29, 0.717) is 23.6 Å². The van der Waals surface area contributed by atoms with Gasteiger partial charge < -0.3 is 11.1 Å². The van der Waals surface area contributed by atoms with E-state index in [1.54, 1.807) is 29.2 Å². The molecule has 0 spiro atoms. The first-order valence-corrected chi connectivity index (χ1v) is 6.24. The maximum absolute atomic E-state index is 11.9. The van der Waals surface area contributed by atoms with Gasteiger partial charge in [0.05, 0.1) is 17.8 Å². The predicted octanol–water partition coefficient (Wildman–Crippen LogP) is 0.677. The molecule has 2 aromatic heterocycles. The Balaban J connectivity index is 0.00000161. The Morgan fingerprint density at radius 2 is 2.19 bits per heavy atom. The largest absolute Gasteiger partial charge is 0.384 e. The molecule has 3 rings (SSSR count). The molecule has 0 aliphatic carbocycles. The quantitative estimate of drug-likeness (QED) is 0.701. The lowest BCUT2D eigenvalue weighted by atomic mass is 10.1. The predicted molar refractivity (Wildman–Crippen MR) is 84.3 cm³/mol. The molecule has 1 aliphatic heterocycles. The molecule has 0 aromatic carbocycles. The number of nitrogens with zero attached hydrogens (tertiary/aromatic N) is 3. The third-order valence-electron chi connectivity index (χ3n) is 3.11. The van der Waals surface area contributed by atoms with E-state index in [1.807, 2.05) is 6.92 Å². The lowest BCUT2D eigenvalue weighted by Gasteiger charge is -2.21. The van der Waals surface area contributed by atoms with Gasteiger partial charge in [-0.25, -0.2) is 4.98 Å². The van der Waals surface area contributed by atoms with Crippen LogP contribution < -0.4 is 11.1 Å². The first-order chi connectivity index (χ1) is 9.65. The Hall–Kier alpha value is -2.46. The maximum atomic E-state index is 11.9. The highest BCUT2D eigenvalue weighted by atomic mass is 32.1. The number of rotatable bonds is 0. The van der Waals surface area contributed by atoms with E-state index in [1.165, 1.54) is 0 Å². The molecule has 108 valence electrons. The summed E-state index contributed by atoms with van der Waals surface area (Å²) in [5.41, 5.74) is 7.39. The first-order valence-electron chi connectivity index (χ1n) is 6.24. The van der Waals surface area contributed by atoms with Gasteiger partial charge in [0.25, 0.3) is 5.91 Å². The van der Waals surface area contributed by atoms with Crippen LogP contribution >= 0.6 is 13.5 Å². The summed E-state index contributed by atoms with van der Waals surface area (Å²) in [4.78, 5) is 15.9. The number of carbonyl (C=O) groups excluding carboxylic acids is 1. The third-order valence-corrected chi connectivity index (χ3v) is 3.11. The number of amides is 1. The van der Waals surface area contributed by atoms with Crippen molar-refractivity contribution in [1.29, 1.82) is 0 Å². The van der Waals surface area contributed by atoms with Gasteiger partial charge in [-0.2, -0.15) is 18.6 Å². The number of hydrogen-bond donors (Lipinski definition) is 2. The molecule has 0 radical (unpaired) electrons. The summed E-state index contributed by atoms with van der Waals surface area (Å²) in [5, 5.41) is 7.06. The average Bonchev–Trinajstić information content (AvgIpc) is 2.88. The molecule has 7 heteroatoms. The number of hydrogen-bond acceptors (Lipinski definition) is 4. The fraction of sp³-hybridized carbons (Fsp3) is 0.214. The van der Waals surface area contributed by atoms with Crippen molar-refractivity contribution in [3.05, 3.63) is 41.3 Å². The van der Waals surface area contributed by atoms with Crippen LogP contribution in [0.4, 0.5) is 5.82 Å². The molecule has 21 heavy (non-hydrogen) atoms. The van der Waals surface area contributed by atoms with Gasteiger partial charge in [0, 0.05) is 18.3 Å². The van der Waals surface area contributed by atoms with E-state index >= 15 is 0 Å². The number of pyridine rings is 1. The van der Waals surface area contributed by atoms with Crippen molar-refractivity contribution in [2.75, 3.05) is 12.3 Å². The summed E-state index contributed by atoms with van der Waals surface area (Å²) in [6, 6.07) is 3.61. The summed E-state index contributed by atoms with van der Waals surface area (Å²) in [6.45, 7) is 2.58. The standard InChI is InChI=1S/C14H13N5O.H2S/c1-9-6-17-14(20)13-11(8-18-19(9)13)4-2-10-3-5-12(15)16-7-10;/h3,5,7-9H,6H2,1H3,(H2,15,16)(H,17,20);1H2/t9-;/m0./s1. The van der Waals surface area contributed by atoms with Crippen molar-refractivity contribution in [2.24, 2.45) is 0 Å². The number of nitrogen functional groups attached to an aromatic ring is 1. The molecule has 1 amide bonds. The van der Waals surface area contributed by atoms with Crippen LogP contribution in [0.2, 0.25) is 0 Å². The van der Waals surface area contributed by atoms with Crippen molar-refractivity contribution in [3.63, 3.8) is 0 Å². The van der Waals surface area contributed by atoms with E-state index in [0.717, 1.165) is 5.56 Å². The van der Waals surface area contributed by atoms with Gasteiger partial charge in [0.1, 0.15) is 11.5 Å². The van der Waals surface area contributed by atoms with Gasteiger partial charge in [-0.15, -0.1) is 0 Å². The van der Waals surface area contributed by atoms with Crippen LogP contribution in [-0.4, -0.2) is 27.2 Å². The smallest absolute Gasteiger partial charge is 0.270 e. The molecule has 1 atom stereocenters. The number of nitrogens with two attached hydrogens (primary N) is 1. The molecular formula is C14H15N5OS. The Morgan fingerprint density at radius 3 is 2.90 bits per heavy atom. The summed E-state index contributed by atoms with van der Waals surface area (Å²) >= 11 is 0. The van der Waals surface area contributed by atoms with Crippen LogP contribution in [0.15, 0.2) is 24.5 Å². The molecule has 1 aliphatic rings. The van der Waals surface area contributed by atoms with Crippen LogP contribution in [0.25, 0.3) is 0 Å². The molecule has 0 saturated heterocycles. The van der Waals surface area contributed by atoms with Crippen LogP contribution in [-0.2, 0) is 0 Å². The molecule has 0 fully saturated rings. The van der Waals surface area contributed by atoms with Crippen molar-refractivity contribution in [2.45, 2.75) is 13.0 Å². The molecule has 3 N–H and O–H groups in total. The van der Waals surface area contributed by atoms with Gasteiger partial charge >= 0.3 is 0 Å². The van der Waals surface area contributed by atoms with Crippen molar-refractivity contribution >= 4 is 25.2 Å². The monoisotopic (exact) mass is 301 g/mol. The zero-order valence-electron chi connectivity index (χ0n) is 11.4. The third kappa shape index (κ3) is 2.85. The maximum Gasteiger partial charge on any atom is 0.270 e. The Kier molecular flexibility index (Phi) is 4.19. The number of nitrogens with one attached hydrogen (secondary N) is 1. The van der Waals surface area contributed by atoms with Crippen LogP contribution in [0.1, 0.15) is 34.6 Å². The minimum Gasteiger partial charge on any atom is -0.384 e. The fourth-order valence-corrected chi connectivity index (χ4v) is 2.04. The zero-order chi connectivity index (χ0) is 14.1. The molecule has 6 nitrogen and oxygen atoms in total. The molecule has 3 heterocycles. The van der Waals surface area contributed by atoms with Crippen LogP contribution in [0.3, 0.4) is 0 Å². The number of carbonyl (C=O) groups is 1. The Morgan fingerprint density at radius 1 is 1.38 bits per heavy atom. The van der Waals surface area contributed by atoms with E-state index < -0.39 is 0 Å². The van der Waals surface area contributed by atoms with Gasteiger partial charge in [-0.1, -0.05) is 11.8 Å². The molecule has 0 bridgehead atoms. The summed E-state index contributed by atoms with van der Waals surface area (Å²) < 4.78 is 1.71. The van der Waals surface area contributed by atoms with Gasteiger partial charge in [0.2, 0.25) is 0 Å². The highest BCUT2D eigenvalue weighted by molar-refractivity contribution is 7.59. The van der Waals surface area contributed by atoms with Crippen molar-refractivity contribution < 1.29 is 4.79 Å². The molecule has 2 aromatic rings. The van der Waals surface area contributed by atoms with Crippen molar-refractivity contribution in [3.8, 4) is 11.8 Å². The number of aromatic nitrogens is 3. The minimum atomic E-state index is -0.139. The second-order valence-corrected chi connectivity index (χ2v) is 4.63. The van der Waals surface area contributed by atoms with E-state index in [9.17, 15) is 4.79 Å². The SMILES string of the molecule is C[C@H]1CNC(=O)c2c(C#Cc3ccc(N)nc3)cnn21.S. The van der Waals surface area contributed by atoms with Crippen molar-refractivity contribution in [1.82, 2.24) is 20.1 Å². The van der Waals surface area contributed by atoms with Crippen LogP contribution in [0, 0.1) is 11.8 Å². The molecule has 0 saturated carbocycles. The van der Waals surface area contributed by atoms with E-state index in [-0.39, 0.29) is 25.4 Å². The van der Waals surface area contributed by atoms with Crippen LogP contribution in [0.5, 0.6) is 0 Å². The topological polar surface area (TPSA) is 85.8 Å². The van der Waals surface area contributed by atoms with E-state index in [2.05, 4.69) is 27.2 Å². The summed E-state index contributed by atoms with van der Waals surface area (Å²) in [7, 11) is 0. The number of anilines is 1.